The fraction of sp³-hybridized carbons (Fsp3) is 0.241. The van der Waals surface area contributed by atoms with Crippen molar-refractivity contribution in [3.8, 4) is 11.1 Å². The van der Waals surface area contributed by atoms with Gasteiger partial charge in [0.05, 0.1) is 22.4 Å². The van der Waals surface area contributed by atoms with Crippen molar-refractivity contribution >= 4 is 34.3 Å². The topological polar surface area (TPSA) is 92.6 Å². The summed E-state index contributed by atoms with van der Waals surface area (Å²) in [6, 6.07) is 12.4. The predicted molar refractivity (Wildman–Crippen MR) is 150 cm³/mol. The molecular weight excluding hydrogens is 492 g/mol. The van der Waals surface area contributed by atoms with Gasteiger partial charge in [-0.3, -0.25) is 19.9 Å². The Hall–Kier alpha value is -4.11. The molecule has 1 aliphatic heterocycles. The Bertz CT molecular complexity index is 1630. The first-order valence-corrected chi connectivity index (χ1v) is 13.7. The van der Waals surface area contributed by atoms with Crippen LogP contribution in [0.2, 0.25) is 0 Å². The Morgan fingerprint density at radius 2 is 1.84 bits per heavy atom. The van der Waals surface area contributed by atoms with Crippen molar-refractivity contribution in [1.82, 2.24) is 29.9 Å². The van der Waals surface area contributed by atoms with Crippen molar-refractivity contribution in [2.45, 2.75) is 35.2 Å². The number of nitrogens with zero attached hydrogens (tertiary/aromatic N) is 7. The van der Waals surface area contributed by atoms with Gasteiger partial charge in [0, 0.05) is 79.6 Å². The van der Waals surface area contributed by atoms with E-state index in [1.54, 1.807) is 30.4 Å². The van der Waals surface area contributed by atoms with Crippen LogP contribution in [0.1, 0.15) is 35.7 Å². The van der Waals surface area contributed by atoms with Crippen LogP contribution in [0.5, 0.6) is 0 Å². The first kappa shape index (κ1) is 23.0. The molecule has 0 atom stereocenters. The molecule has 0 unspecified atom stereocenters. The summed E-state index contributed by atoms with van der Waals surface area (Å²) in [6.07, 6.45) is 11.9. The molecule has 1 aromatic carbocycles. The Labute approximate surface area is 225 Å². The van der Waals surface area contributed by atoms with E-state index in [1.165, 1.54) is 11.1 Å². The monoisotopic (exact) mass is 518 g/mol. The van der Waals surface area contributed by atoms with Crippen LogP contribution < -0.4 is 10.2 Å². The Kier molecular flexibility index (Phi) is 5.85. The number of rotatable bonds is 5. The summed E-state index contributed by atoms with van der Waals surface area (Å²) in [6.45, 7) is 1.83. The molecular formula is C29H26N8S. The van der Waals surface area contributed by atoms with Crippen molar-refractivity contribution in [3.63, 3.8) is 0 Å². The van der Waals surface area contributed by atoms with E-state index in [1.807, 2.05) is 31.6 Å². The lowest BCUT2D eigenvalue weighted by Gasteiger charge is -2.33. The van der Waals surface area contributed by atoms with E-state index >= 15 is 0 Å². The highest BCUT2D eigenvalue weighted by Gasteiger charge is 2.31. The second kappa shape index (κ2) is 9.64. The molecule has 1 N–H and O–H groups in total. The summed E-state index contributed by atoms with van der Waals surface area (Å²) in [5.41, 5.74) is 8.74. The van der Waals surface area contributed by atoms with Crippen LogP contribution in [0, 0.1) is 0 Å². The van der Waals surface area contributed by atoms with Crippen molar-refractivity contribution < 1.29 is 0 Å². The first-order valence-electron chi connectivity index (χ1n) is 12.9. The van der Waals surface area contributed by atoms with E-state index in [0.717, 1.165) is 81.9 Å². The third kappa shape index (κ3) is 4.12. The van der Waals surface area contributed by atoms with Gasteiger partial charge in [0.15, 0.2) is 5.16 Å². The van der Waals surface area contributed by atoms with Gasteiger partial charge in [-0.15, -0.1) is 0 Å². The lowest BCUT2D eigenvalue weighted by Crippen LogP contribution is -2.34. The second-order valence-corrected chi connectivity index (χ2v) is 10.7. The van der Waals surface area contributed by atoms with Crippen molar-refractivity contribution in [2.24, 2.45) is 0 Å². The quantitative estimate of drug-likeness (QED) is 0.303. The van der Waals surface area contributed by atoms with Gasteiger partial charge in [-0.2, -0.15) is 0 Å². The number of hydrogen-bond acceptors (Lipinski definition) is 9. The Morgan fingerprint density at radius 3 is 2.68 bits per heavy atom. The lowest BCUT2D eigenvalue weighted by molar-refractivity contribution is 0.491. The molecule has 8 nitrogen and oxygen atoms in total. The highest BCUT2D eigenvalue weighted by Crippen LogP contribution is 2.46. The normalized spacial score (nSPS) is 14.9. The van der Waals surface area contributed by atoms with Gasteiger partial charge in [-0.25, -0.2) is 9.97 Å². The molecule has 188 valence electrons. The molecule has 0 saturated carbocycles. The maximum atomic E-state index is 5.18. The van der Waals surface area contributed by atoms with Crippen LogP contribution in [0.4, 0.5) is 11.5 Å². The van der Waals surface area contributed by atoms with Crippen LogP contribution in [0.25, 0.3) is 22.2 Å². The summed E-state index contributed by atoms with van der Waals surface area (Å²) < 4.78 is 0. The molecule has 1 aliphatic carbocycles. The maximum absolute atomic E-state index is 5.18. The Morgan fingerprint density at radius 1 is 0.921 bits per heavy atom. The molecule has 1 fully saturated rings. The number of anilines is 2. The van der Waals surface area contributed by atoms with Gasteiger partial charge < -0.3 is 10.2 Å². The fourth-order valence-electron chi connectivity index (χ4n) is 5.57. The second-order valence-electron chi connectivity index (χ2n) is 9.62. The minimum atomic E-state index is 0.419. The van der Waals surface area contributed by atoms with E-state index in [2.05, 4.69) is 54.4 Å². The van der Waals surface area contributed by atoms with E-state index in [0.29, 0.717) is 5.92 Å². The zero-order valence-corrected chi connectivity index (χ0v) is 21.8. The first-order chi connectivity index (χ1) is 18.8. The van der Waals surface area contributed by atoms with Crippen molar-refractivity contribution in [1.29, 1.82) is 0 Å². The number of aromatic nitrogens is 6. The van der Waals surface area contributed by atoms with Gasteiger partial charge in [-0.1, -0.05) is 12.1 Å². The van der Waals surface area contributed by atoms with E-state index in [9.17, 15) is 0 Å². The third-order valence-corrected chi connectivity index (χ3v) is 8.26. The molecule has 0 amide bonds. The standard InChI is InChI=1S/C29H26N8S/c1-30-22-5-2-4-20-21(22)15-25-27(20)28(37-12-7-18(8-13-37)26-17-31-10-11-33-26)36-29(35-25)38-19-14-24-23(34-16-19)6-3-9-32-24/h2-6,9-11,14,16-18,30H,7-8,12-13,15H2,1H3. The lowest BCUT2D eigenvalue weighted by atomic mass is 9.93. The number of pyridine rings is 2. The number of benzene rings is 1. The van der Waals surface area contributed by atoms with Gasteiger partial charge in [-0.05, 0) is 60.0 Å². The van der Waals surface area contributed by atoms with Crippen LogP contribution in [-0.2, 0) is 6.42 Å². The van der Waals surface area contributed by atoms with Crippen LogP contribution in [-0.4, -0.2) is 50.0 Å². The molecule has 9 heteroatoms. The number of nitrogens with one attached hydrogen (secondary N) is 1. The molecule has 2 aliphatic rings. The fourth-order valence-corrected chi connectivity index (χ4v) is 6.34. The maximum Gasteiger partial charge on any atom is 0.194 e. The number of fused-ring (bicyclic) bond motifs is 4. The largest absolute Gasteiger partial charge is 0.388 e. The minimum Gasteiger partial charge on any atom is -0.388 e. The highest BCUT2D eigenvalue weighted by molar-refractivity contribution is 7.99. The highest BCUT2D eigenvalue weighted by atomic mass is 32.2. The zero-order valence-electron chi connectivity index (χ0n) is 21.0. The van der Waals surface area contributed by atoms with Crippen molar-refractivity contribution in [3.05, 3.63) is 84.3 Å². The molecule has 0 bridgehead atoms. The van der Waals surface area contributed by atoms with E-state index < -0.39 is 0 Å². The molecule has 7 rings (SSSR count). The molecule has 1 saturated heterocycles. The Balaban J connectivity index is 1.26. The van der Waals surface area contributed by atoms with Gasteiger partial charge in [0.25, 0.3) is 0 Å². The SMILES string of the molecule is CNc1cccc2c1Cc1nc(Sc3cnc4cccnc4c3)nc(N3CCC(c4cnccn4)CC3)c1-2. The number of piperidine rings is 1. The molecule has 38 heavy (non-hydrogen) atoms. The van der Waals surface area contributed by atoms with Crippen molar-refractivity contribution in [2.75, 3.05) is 30.4 Å². The summed E-state index contributed by atoms with van der Waals surface area (Å²) in [5, 5.41) is 4.10. The average Bonchev–Trinajstić information content (AvgIpc) is 3.36. The molecule has 5 aromatic rings. The van der Waals surface area contributed by atoms with Crippen LogP contribution >= 0.6 is 11.8 Å². The number of hydrogen-bond donors (Lipinski definition) is 1. The summed E-state index contributed by atoms with van der Waals surface area (Å²) in [5.74, 6) is 1.44. The predicted octanol–water partition coefficient (Wildman–Crippen LogP) is 5.36. The van der Waals surface area contributed by atoms with Gasteiger partial charge >= 0.3 is 0 Å². The summed E-state index contributed by atoms with van der Waals surface area (Å²) >= 11 is 1.55. The smallest absolute Gasteiger partial charge is 0.194 e. The molecule has 4 aromatic heterocycles. The summed E-state index contributed by atoms with van der Waals surface area (Å²) in [7, 11) is 1.98. The summed E-state index contributed by atoms with van der Waals surface area (Å²) in [4.78, 5) is 31.6. The van der Waals surface area contributed by atoms with Crippen LogP contribution in [0.3, 0.4) is 0 Å². The minimum absolute atomic E-state index is 0.419. The third-order valence-electron chi connectivity index (χ3n) is 7.43. The van der Waals surface area contributed by atoms with E-state index in [-0.39, 0.29) is 0 Å². The van der Waals surface area contributed by atoms with E-state index in [4.69, 9.17) is 9.97 Å². The zero-order chi connectivity index (χ0) is 25.5. The molecule has 0 spiro atoms. The molecule has 0 radical (unpaired) electrons. The molecule has 5 heterocycles. The average molecular weight is 519 g/mol. The van der Waals surface area contributed by atoms with Gasteiger partial charge in [0.1, 0.15) is 5.82 Å². The van der Waals surface area contributed by atoms with Crippen LogP contribution in [0.15, 0.2) is 77.4 Å². The van der Waals surface area contributed by atoms with Gasteiger partial charge in [0.2, 0.25) is 0 Å².